The lowest BCUT2D eigenvalue weighted by molar-refractivity contribution is 0.248. The molecule has 0 atom stereocenters. The molecule has 0 aromatic carbocycles. The molecule has 0 radical (unpaired) electrons. The van der Waals surface area contributed by atoms with E-state index in [1.165, 1.54) is 0 Å². The normalized spacial score (nSPS) is 6.80. The highest BCUT2D eigenvalue weighted by molar-refractivity contribution is 6.27. The van der Waals surface area contributed by atoms with E-state index in [1.807, 2.05) is 0 Å². The van der Waals surface area contributed by atoms with Crippen LogP contribution in [0.2, 0.25) is 0 Å². The summed E-state index contributed by atoms with van der Waals surface area (Å²) in [4.78, 5) is 3.82. The fraction of sp³-hybridized carbons (Fsp3) is 0. The van der Waals surface area contributed by atoms with Gasteiger partial charge >= 0.3 is 0 Å². The molecule has 0 aliphatic carbocycles. The van der Waals surface area contributed by atoms with Gasteiger partial charge in [-0.1, -0.05) is 0 Å². The molecule has 3 heteroatoms. The summed E-state index contributed by atoms with van der Waals surface area (Å²) in [6.45, 7) is 3.09. The molecule has 5 heavy (non-hydrogen) atoms. The van der Waals surface area contributed by atoms with E-state index >= 15 is 0 Å². The van der Waals surface area contributed by atoms with E-state index in [2.05, 4.69) is 17.3 Å². The van der Waals surface area contributed by atoms with Crippen LogP contribution in [-0.2, 0) is 4.84 Å². The van der Waals surface area contributed by atoms with Crippen LogP contribution in [0.1, 0.15) is 0 Å². The van der Waals surface area contributed by atoms with E-state index in [0.29, 0.717) is 0 Å². The van der Waals surface area contributed by atoms with Gasteiger partial charge < -0.3 is 4.84 Å². The van der Waals surface area contributed by atoms with Crippen molar-refractivity contribution < 1.29 is 4.84 Å². The zero-order valence-electron chi connectivity index (χ0n) is 2.57. The molecule has 0 unspecified atom stereocenters. The predicted octanol–water partition coefficient (Wildman–Crippen LogP) is 0.587. The smallest absolute Gasteiger partial charge is 0.205 e. The third-order valence-corrected chi connectivity index (χ3v) is 0.217. The van der Waals surface area contributed by atoms with Crippen molar-refractivity contribution in [3.63, 3.8) is 0 Å². The minimum Gasteiger partial charge on any atom is -0.400 e. The Morgan fingerprint density at radius 2 is 2.20 bits per heavy atom. The maximum atomic E-state index is 4.92. The number of rotatable bonds is 1. The minimum absolute atomic E-state index is 0.00463. The highest BCUT2D eigenvalue weighted by atomic mass is 35.5. The first-order chi connectivity index (χ1) is 2.27. The number of hydrogen-bond donors (Lipinski definition) is 1. The van der Waals surface area contributed by atoms with Crippen LogP contribution in [0.5, 0.6) is 0 Å². The SMILES string of the molecule is C=C(Cl)ON. The van der Waals surface area contributed by atoms with Crippen molar-refractivity contribution in [1.29, 1.82) is 0 Å². The van der Waals surface area contributed by atoms with E-state index in [1.54, 1.807) is 0 Å². The van der Waals surface area contributed by atoms with Crippen molar-refractivity contribution in [2.45, 2.75) is 0 Å². The average Bonchev–Trinajstić information content (AvgIpc) is 1.38. The molecule has 0 bridgehead atoms. The van der Waals surface area contributed by atoms with Crippen LogP contribution in [0.4, 0.5) is 0 Å². The Kier molecular flexibility index (Phi) is 1.97. The second kappa shape index (κ2) is 2.05. The molecule has 0 rings (SSSR count). The lowest BCUT2D eigenvalue weighted by Crippen LogP contribution is -1.90. The van der Waals surface area contributed by atoms with Crippen molar-refractivity contribution >= 4 is 11.6 Å². The molecule has 0 aliphatic rings. The van der Waals surface area contributed by atoms with Gasteiger partial charge in [-0.2, -0.15) is 5.90 Å². The second-order valence-electron chi connectivity index (χ2n) is 0.473. The van der Waals surface area contributed by atoms with Gasteiger partial charge in [-0.05, 0) is 18.2 Å². The Balaban J connectivity index is 2.85. The predicted molar refractivity (Wildman–Crippen MR) is 20.3 cm³/mol. The van der Waals surface area contributed by atoms with E-state index in [4.69, 9.17) is 11.6 Å². The van der Waals surface area contributed by atoms with Gasteiger partial charge in [-0.25, -0.2) is 0 Å². The quantitative estimate of drug-likeness (QED) is 0.380. The largest absolute Gasteiger partial charge is 0.400 e. The molecular formula is C2H4ClNO. The molecule has 0 saturated heterocycles. The van der Waals surface area contributed by atoms with Crippen LogP contribution in [0, 0.1) is 0 Å². The van der Waals surface area contributed by atoms with Gasteiger partial charge in [0.25, 0.3) is 0 Å². The summed E-state index contributed by atoms with van der Waals surface area (Å²) in [6.07, 6.45) is 0. The van der Waals surface area contributed by atoms with Crippen LogP contribution in [0.15, 0.2) is 11.8 Å². The molecule has 0 heterocycles. The molecule has 0 saturated carbocycles. The highest BCUT2D eigenvalue weighted by Crippen LogP contribution is 1.89. The molecular weight excluding hydrogens is 89.5 g/mol. The van der Waals surface area contributed by atoms with Gasteiger partial charge in [-0.15, -0.1) is 0 Å². The molecule has 0 aromatic heterocycles. The zero-order valence-corrected chi connectivity index (χ0v) is 3.33. The Morgan fingerprint density at radius 1 is 2.00 bits per heavy atom. The van der Waals surface area contributed by atoms with E-state index < -0.39 is 0 Å². The van der Waals surface area contributed by atoms with Gasteiger partial charge in [-0.3, -0.25) is 0 Å². The summed E-state index contributed by atoms with van der Waals surface area (Å²) in [7, 11) is 0. The molecule has 2 N–H and O–H groups in total. The first-order valence-corrected chi connectivity index (χ1v) is 1.36. The molecule has 0 aromatic rings. The fourth-order valence-electron chi connectivity index (χ4n) is 0. The Labute approximate surface area is 35.1 Å². The van der Waals surface area contributed by atoms with Crippen LogP contribution in [-0.4, -0.2) is 0 Å². The Hall–Kier alpha value is -0.210. The van der Waals surface area contributed by atoms with Gasteiger partial charge in [0.05, 0.1) is 0 Å². The monoisotopic (exact) mass is 93.0 g/mol. The third-order valence-electron chi connectivity index (χ3n) is 0.128. The maximum absolute atomic E-state index is 4.92. The third kappa shape index (κ3) is 3.79. The maximum Gasteiger partial charge on any atom is 0.205 e. The molecule has 30 valence electrons. The van der Waals surface area contributed by atoms with Crippen LogP contribution >= 0.6 is 11.6 Å². The van der Waals surface area contributed by atoms with Crippen molar-refractivity contribution in [2.75, 3.05) is 0 Å². The van der Waals surface area contributed by atoms with Gasteiger partial charge in [0, 0.05) is 0 Å². The topological polar surface area (TPSA) is 35.2 Å². The van der Waals surface area contributed by atoms with Crippen molar-refractivity contribution in [1.82, 2.24) is 0 Å². The van der Waals surface area contributed by atoms with Crippen LogP contribution in [0.25, 0.3) is 0 Å². The van der Waals surface area contributed by atoms with Crippen LogP contribution < -0.4 is 5.90 Å². The minimum atomic E-state index is 0.00463. The lowest BCUT2D eigenvalue weighted by Gasteiger charge is -1.83. The summed E-state index contributed by atoms with van der Waals surface area (Å²) in [5.41, 5.74) is 0. The lowest BCUT2D eigenvalue weighted by atomic mass is 11.2. The van der Waals surface area contributed by atoms with Gasteiger partial charge in [0.1, 0.15) is 0 Å². The first kappa shape index (κ1) is 4.79. The highest BCUT2D eigenvalue weighted by Gasteiger charge is 1.70. The summed E-state index contributed by atoms with van der Waals surface area (Å²) in [5, 5.41) is 0.00463. The number of hydrogen-bond acceptors (Lipinski definition) is 2. The standard InChI is InChI=1S/C2H4ClNO/c1-2(3)5-4/h1,4H2. The zero-order chi connectivity index (χ0) is 4.28. The van der Waals surface area contributed by atoms with E-state index in [0.717, 1.165) is 0 Å². The molecule has 0 amide bonds. The number of nitrogens with two attached hydrogens (primary N) is 1. The summed E-state index contributed by atoms with van der Waals surface area (Å²) in [6, 6.07) is 0. The molecule has 2 nitrogen and oxygen atoms in total. The molecule has 0 fully saturated rings. The Morgan fingerprint density at radius 3 is 2.20 bits per heavy atom. The summed E-state index contributed by atoms with van der Waals surface area (Å²) >= 11 is 4.92. The van der Waals surface area contributed by atoms with Crippen LogP contribution in [0.3, 0.4) is 0 Å². The number of halogens is 1. The van der Waals surface area contributed by atoms with E-state index in [9.17, 15) is 0 Å². The van der Waals surface area contributed by atoms with Gasteiger partial charge in [0.15, 0.2) is 0 Å². The van der Waals surface area contributed by atoms with E-state index in [-0.39, 0.29) is 5.22 Å². The first-order valence-electron chi connectivity index (χ1n) is 0.982. The Bertz CT molecular complexity index is 44.9. The van der Waals surface area contributed by atoms with Crippen molar-refractivity contribution in [3.05, 3.63) is 11.8 Å². The molecule has 0 aliphatic heterocycles. The summed E-state index contributed by atoms with van der Waals surface area (Å²) < 4.78 is 0. The molecule has 0 spiro atoms. The summed E-state index contributed by atoms with van der Waals surface area (Å²) in [5.74, 6) is 4.44. The average molecular weight is 93.5 g/mol. The van der Waals surface area contributed by atoms with Crippen molar-refractivity contribution in [3.8, 4) is 0 Å². The fourth-order valence-corrected chi connectivity index (χ4v) is 0. The van der Waals surface area contributed by atoms with Crippen molar-refractivity contribution in [2.24, 2.45) is 5.90 Å². The second-order valence-corrected chi connectivity index (χ2v) is 0.895. The van der Waals surface area contributed by atoms with Gasteiger partial charge in [0.2, 0.25) is 5.22 Å².